The molecule has 3 nitrogen and oxygen atoms in total. The van der Waals surface area contributed by atoms with Crippen molar-refractivity contribution in [2.24, 2.45) is 0 Å². The van der Waals surface area contributed by atoms with E-state index in [-0.39, 0.29) is 17.1 Å². The number of rotatable bonds is 7. The molecule has 2 aromatic rings. The highest BCUT2D eigenvalue weighted by Crippen LogP contribution is 2.33. The third kappa shape index (κ3) is 5.08. The van der Waals surface area contributed by atoms with Crippen LogP contribution in [0.25, 0.3) is 12.2 Å². The number of hydrogen-bond donors (Lipinski definition) is 1. The number of ketones is 1. The fourth-order valence-electron chi connectivity index (χ4n) is 2.32. The zero-order chi connectivity index (χ0) is 18.9. The number of phenols is 1. The molecule has 26 heavy (non-hydrogen) atoms. The fourth-order valence-corrected chi connectivity index (χ4v) is 2.32. The standard InChI is InChI=1S/C23H22O3/c1-17(2)13-14-20-22(26-3)16-15-19(23(20)25)21(24)12-8-7-11-18-9-5-4-6-10-18/h4-16,25H,1H2,2-3H3. The minimum absolute atomic E-state index is 0.108. The zero-order valence-corrected chi connectivity index (χ0v) is 15.0. The normalized spacial score (nSPS) is 11.5. The van der Waals surface area contributed by atoms with E-state index >= 15 is 0 Å². The van der Waals surface area contributed by atoms with E-state index in [0.717, 1.165) is 11.1 Å². The molecule has 0 aliphatic carbocycles. The van der Waals surface area contributed by atoms with Crippen molar-refractivity contribution in [2.45, 2.75) is 6.92 Å². The molecule has 2 aromatic carbocycles. The van der Waals surface area contributed by atoms with Gasteiger partial charge in [-0.3, -0.25) is 4.79 Å². The number of carbonyl (C=O) groups is 1. The van der Waals surface area contributed by atoms with Crippen LogP contribution in [0, 0.1) is 0 Å². The molecular formula is C23H22O3. The number of carbonyl (C=O) groups excluding carboxylic acids is 1. The Kier molecular flexibility index (Phi) is 6.75. The molecule has 0 aliphatic rings. The summed E-state index contributed by atoms with van der Waals surface area (Å²) >= 11 is 0. The van der Waals surface area contributed by atoms with Crippen LogP contribution in [-0.4, -0.2) is 18.0 Å². The molecule has 0 unspecified atom stereocenters. The van der Waals surface area contributed by atoms with Gasteiger partial charge in [0.15, 0.2) is 5.78 Å². The summed E-state index contributed by atoms with van der Waals surface area (Å²) in [4.78, 5) is 12.4. The van der Waals surface area contributed by atoms with Crippen LogP contribution < -0.4 is 4.74 Å². The quantitative estimate of drug-likeness (QED) is 0.412. The molecule has 0 atom stereocenters. The summed E-state index contributed by atoms with van der Waals surface area (Å²) in [6.45, 7) is 5.64. The Morgan fingerprint density at radius 3 is 2.42 bits per heavy atom. The first-order valence-electron chi connectivity index (χ1n) is 8.20. The van der Waals surface area contributed by atoms with Gasteiger partial charge in [-0.05, 0) is 36.8 Å². The third-order valence-corrected chi connectivity index (χ3v) is 3.64. The van der Waals surface area contributed by atoms with Gasteiger partial charge in [-0.2, -0.15) is 0 Å². The number of allylic oxidation sites excluding steroid dienone is 5. The number of hydrogen-bond acceptors (Lipinski definition) is 3. The van der Waals surface area contributed by atoms with Crippen molar-refractivity contribution < 1.29 is 14.6 Å². The Morgan fingerprint density at radius 1 is 1.04 bits per heavy atom. The largest absolute Gasteiger partial charge is 0.506 e. The van der Waals surface area contributed by atoms with E-state index in [1.807, 2.05) is 43.3 Å². The monoisotopic (exact) mass is 346 g/mol. The van der Waals surface area contributed by atoms with E-state index in [2.05, 4.69) is 6.58 Å². The van der Waals surface area contributed by atoms with E-state index < -0.39 is 0 Å². The lowest BCUT2D eigenvalue weighted by Gasteiger charge is -2.10. The Balaban J connectivity index is 2.23. The van der Waals surface area contributed by atoms with Gasteiger partial charge in [0.25, 0.3) is 0 Å². The van der Waals surface area contributed by atoms with Gasteiger partial charge in [-0.25, -0.2) is 0 Å². The van der Waals surface area contributed by atoms with Crippen LogP contribution in [0.4, 0.5) is 0 Å². The highest BCUT2D eigenvalue weighted by molar-refractivity contribution is 6.07. The SMILES string of the molecule is C=C(C)C=Cc1c(OC)ccc(C(=O)C=CC=Cc2ccccc2)c1O. The first kappa shape index (κ1) is 19.0. The molecule has 0 amide bonds. The summed E-state index contributed by atoms with van der Waals surface area (Å²) < 4.78 is 5.26. The molecule has 3 heteroatoms. The maximum Gasteiger partial charge on any atom is 0.189 e. The first-order chi connectivity index (χ1) is 12.5. The van der Waals surface area contributed by atoms with Crippen LogP contribution in [0.3, 0.4) is 0 Å². The van der Waals surface area contributed by atoms with Crippen LogP contribution >= 0.6 is 0 Å². The highest BCUT2D eigenvalue weighted by atomic mass is 16.5. The van der Waals surface area contributed by atoms with Gasteiger partial charge in [-0.15, -0.1) is 0 Å². The number of methoxy groups -OCH3 is 1. The minimum atomic E-state index is -0.284. The van der Waals surface area contributed by atoms with Crippen LogP contribution in [0.1, 0.15) is 28.4 Å². The predicted octanol–water partition coefficient (Wildman–Crippen LogP) is 5.44. The van der Waals surface area contributed by atoms with E-state index in [4.69, 9.17) is 4.74 Å². The Hall–Kier alpha value is -3.33. The molecule has 0 saturated heterocycles. The molecule has 0 radical (unpaired) electrons. The molecule has 0 aliphatic heterocycles. The summed E-state index contributed by atoms with van der Waals surface area (Å²) in [6.07, 6.45) is 10.2. The Labute approximate surface area is 154 Å². The lowest BCUT2D eigenvalue weighted by Crippen LogP contribution is -1.98. The molecule has 0 heterocycles. The fraction of sp³-hybridized carbons (Fsp3) is 0.0870. The first-order valence-corrected chi connectivity index (χ1v) is 8.20. The average molecular weight is 346 g/mol. The zero-order valence-electron chi connectivity index (χ0n) is 15.0. The van der Waals surface area contributed by atoms with Crippen molar-refractivity contribution in [2.75, 3.05) is 7.11 Å². The second-order valence-corrected chi connectivity index (χ2v) is 5.75. The second-order valence-electron chi connectivity index (χ2n) is 5.75. The van der Waals surface area contributed by atoms with Crippen LogP contribution in [0.15, 0.2) is 78.9 Å². The van der Waals surface area contributed by atoms with Gasteiger partial charge in [0.2, 0.25) is 0 Å². The smallest absolute Gasteiger partial charge is 0.189 e. The lowest BCUT2D eigenvalue weighted by atomic mass is 10.0. The minimum Gasteiger partial charge on any atom is -0.506 e. The third-order valence-electron chi connectivity index (χ3n) is 3.64. The summed E-state index contributed by atoms with van der Waals surface area (Å²) in [6, 6.07) is 13.0. The highest BCUT2D eigenvalue weighted by Gasteiger charge is 2.15. The van der Waals surface area contributed by atoms with E-state index in [1.54, 1.807) is 36.4 Å². The number of ether oxygens (including phenoxy) is 1. The summed E-state index contributed by atoms with van der Waals surface area (Å²) in [5.74, 6) is 0.0980. The van der Waals surface area contributed by atoms with Crippen molar-refractivity contribution in [1.82, 2.24) is 0 Å². The van der Waals surface area contributed by atoms with Crippen molar-refractivity contribution >= 4 is 17.9 Å². The Morgan fingerprint density at radius 2 is 1.77 bits per heavy atom. The van der Waals surface area contributed by atoms with Gasteiger partial charge in [0.05, 0.1) is 18.2 Å². The van der Waals surface area contributed by atoms with Crippen molar-refractivity contribution in [3.8, 4) is 11.5 Å². The maximum atomic E-state index is 12.4. The summed E-state index contributed by atoms with van der Waals surface area (Å²) in [7, 11) is 1.52. The molecule has 0 spiro atoms. The van der Waals surface area contributed by atoms with E-state index in [0.29, 0.717) is 11.3 Å². The summed E-state index contributed by atoms with van der Waals surface area (Å²) in [5, 5.41) is 10.5. The van der Waals surface area contributed by atoms with Gasteiger partial charge in [0, 0.05) is 0 Å². The Bertz CT molecular complexity index is 872. The molecular weight excluding hydrogens is 324 g/mol. The second kappa shape index (κ2) is 9.23. The number of benzene rings is 2. The van der Waals surface area contributed by atoms with Gasteiger partial charge in [-0.1, -0.05) is 66.8 Å². The average Bonchev–Trinajstić information content (AvgIpc) is 2.64. The predicted molar refractivity (Wildman–Crippen MR) is 107 cm³/mol. The van der Waals surface area contributed by atoms with Crippen LogP contribution in [0.5, 0.6) is 11.5 Å². The molecule has 0 bridgehead atoms. The molecule has 0 fully saturated rings. The molecule has 0 saturated carbocycles. The van der Waals surface area contributed by atoms with E-state index in [1.165, 1.54) is 13.2 Å². The van der Waals surface area contributed by atoms with Gasteiger partial charge in [0.1, 0.15) is 11.5 Å². The molecule has 132 valence electrons. The van der Waals surface area contributed by atoms with Crippen LogP contribution in [0.2, 0.25) is 0 Å². The number of phenolic OH excluding ortho intramolecular Hbond substituents is 1. The maximum absolute atomic E-state index is 12.4. The van der Waals surface area contributed by atoms with Crippen LogP contribution in [-0.2, 0) is 0 Å². The van der Waals surface area contributed by atoms with E-state index in [9.17, 15) is 9.90 Å². The molecule has 0 aromatic heterocycles. The number of aromatic hydroxyl groups is 1. The van der Waals surface area contributed by atoms with Gasteiger partial charge < -0.3 is 9.84 Å². The van der Waals surface area contributed by atoms with Crippen molar-refractivity contribution in [1.29, 1.82) is 0 Å². The van der Waals surface area contributed by atoms with Crippen molar-refractivity contribution in [3.63, 3.8) is 0 Å². The van der Waals surface area contributed by atoms with Gasteiger partial charge >= 0.3 is 0 Å². The van der Waals surface area contributed by atoms with Crippen molar-refractivity contribution in [3.05, 3.63) is 95.6 Å². The molecule has 1 N–H and O–H groups in total. The summed E-state index contributed by atoms with van der Waals surface area (Å²) in [5.41, 5.74) is 2.55. The molecule has 2 rings (SSSR count). The lowest BCUT2D eigenvalue weighted by molar-refractivity contribution is 0.104. The topological polar surface area (TPSA) is 46.5 Å².